The Morgan fingerprint density at radius 1 is 1.16 bits per heavy atom. The molecule has 1 heterocycles. The van der Waals surface area contributed by atoms with Crippen LogP contribution in [0, 0.1) is 6.92 Å². The Morgan fingerprint density at radius 3 is 2.72 bits per heavy atom. The van der Waals surface area contributed by atoms with Gasteiger partial charge in [0.2, 0.25) is 5.91 Å². The van der Waals surface area contributed by atoms with Crippen molar-refractivity contribution in [3.05, 3.63) is 75.7 Å². The number of anilines is 1. The van der Waals surface area contributed by atoms with Crippen LogP contribution < -0.4 is 10.1 Å². The number of carbonyl (C=O) groups excluding carboxylic acids is 3. The van der Waals surface area contributed by atoms with E-state index in [1.807, 2.05) is 43.3 Å². The number of hydrogen-bond acceptors (Lipinski definition) is 5. The Kier molecular flexibility index (Phi) is 6.21. The molecule has 0 bridgehead atoms. The monoisotopic (exact) mass is 466 g/mol. The summed E-state index contributed by atoms with van der Waals surface area (Å²) in [6, 6.07) is 16.6. The number of hydrogen-bond donors (Lipinski definition) is 1. The molecule has 3 amide bonds. The highest BCUT2D eigenvalue weighted by Crippen LogP contribution is 2.36. The number of halogens is 1. The van der Waals surface area contributed by atoms with Crippen molar-refractivity contribution < 1.29 is 19.1 Å². The summed E-state index contributed by atoms with van der Waals surface area (Å²) >= 11 is 6.79. The van der Waals surface area contributed by atoms with Gasteiger partial charge in [0.1, 0.15) is 12.3 Å². The molecule has 0 saturated carbocycles. The number of rotatable bonds is 5. The number of nitrogens with one attached hydrogen (secondary N) is 1. The highest BCUT2D eigenvalue weighted by Gasteiger charge is 2.36. The van der Waals surface area contributed by atoms with E-state index in [-0.39, 0.29) is 11.4 Å². The smallest absolute Gasteiger partial charge is 0.294 e. The topological polar surface area (TPSA) is 75.7 Å². The summed E-state index contributed by atoms with van der Waals surface area (Å²) in [4.78, 5) is 39.1. The van der Waals surface area contributed by atoms with Crippen LogP contribution in [0.5, 0.6) is 5.75 Å². The Bertz CT molecular complexity index is 1290. The Morgan fingerprint density at radius 2 is 1.94 bits per heavy atom. The quantitative estimate of drug-likeness (QED) is 0.503. The predicted octanol–water partition coefficient (Wildman–Crippen LogP) is 5.49. The summed E-state index contributed by atoms with van der Waals surface area (Å²) in [5.41, 5.74) is 2.06. The molecule has 0 radical (unpaired) electrons. The summed E-state index contributed by atoms with van der Waals surface area (Å²) in [6.07, 6.45) is 1.64. The maximum absolute atomic E-state index is 12.9. The van der Waals surface area contributed by atoms with Crippen molar-refractivity contribution in [2.24, 2.45) is 0 Å². The third-order valence-corrected chi connectivity index (χ3v) is 6.22. The van der Waals surface area contributed by atoms with Crippen LogP contribution in [-0.2, 0) is 9.59 Å². The average Bonchev–Trinajstić information content (AvgIpc) is 3.04. The molecule has 1 aliphatic heterocycles. The summed E-state index contributed by atoms with van der Waals surface area (Å²) < 4.78 is 5.47. The van der Waals surface area contributed by atoms with Gasteiger partial charge in [-0.15, -0.1) is 0 Å². The molecule has 1 saturated heterocycles. The van der Waals surface area contributed by atoms with Crippen LogP contribution in [0.25, 0.3) is 16.8 Å². The van der Waals surface area contributed by atoms with Gasteiger partial charge in [-0.05, 0) is 59.3 Å². The standard InChI is InChI=1S/C24H19ClN2O4S/c1-14-7-9-16(25)11-19(14)26-22(28)13-27-23(29)21(32-24(27)30)12-18-17-6-4-3-5-15(17)8-10-20(18)31-2/h3-12H,13H2,1-2H3,(H,26,28)/b21-12+. The van der Waals surface area contributed by atoms with Gasteiger partial charge < -0.3 is 10.1 Å². The van der Waals surface area contributed by atoms with Gasteiger partial charge in [0, 0.05) is 16.3 Å². The van der Waals surface area contributed by atoms with Gasteiger partial charge in [-0.1, -0.05) is 48.0 Å². The largest absolute Gasteiger partial charge is 0.496 e. The van der Waals surface area contributed by atoms with Crippen molar-refractivity contribution in [2.75, 3.05) is 19.0 Å². The second-order valence-corrected chi connectivity index (χ2v) is 8.61. The van der Waals surface area contributed by atoms with E-state index >= 15 is 0 Å². The molecule has 0 spiro atoms. The Balaban J connectivity index is 1.58. The first-order valence-electron chi connectivity index (χ1n) is 9.74. The molecule has 3 aromatic carbocycles. The lowest BCUT2D eigenvalue weighted by molar-refractivity contribution is -0.127. The molecule has 8 heteroatoms. The summed E-state index contributed by atoms with van der Waals surface area (Å²) in [5.74, 6) is -0.417. The molecule has 1 N–H and O–H groups in total. The minimum Gasteiger partial charge on any atom is -0.496 e. The van der Waals surface area contributed by atoms with E-state index < -0.39 is 17.1 Å². The van der Waals surface area contributed by atoms with Crippen LogP contribution in [0.1, 0.15) is 11.1 Å². The number of benzene rings is 3. The van der Waals surface area contributed by atoms with Crippen LogP contribution in [0.15, 0.2) is 59.5 Å². The fourth-order valence-corrected chi connectivity index (χ4v) is 4.42. The summed E-state index contributed by atoms with van der Waals surface area (Å²) in [5, 5.41) is 4.56. The van der Waals surface area contributed by atoms with Gasteiger partial charge in [0.15, 0.2) is 0 Å². The lowest BCUT2D eigenvalue weighted by Crippen LogP contribution is -2.36. The molecule has 32 heavy (non-hydrogen) atoms. The van der Waals surface area contributed by atoms with E-state index in [1.165, 1.54) is 0 Å². The van der Waals surface area contributed by atoms with Gasteiger partial charge in [-0.25, -0.2) is 0 Å². The molecule has 6 nitrogen and oxygen atoms in total. The second kappa shape index (κ2) is 9.06. The van der Waals surface area contributed by atoms with E-state index in [2.05, 4.69) is 5.32 Å². The van der Waals surface area contributed by atoms with Gasteiger partial charge in [0.25, 0.3) is 11.1 Å². The van der Waals surface area contributed by atoms with Gasteiger partial charge in [-0.3, -0.25) is 19.3 Å². The Hall–Kier alpha value is -3.29. The first kappa shape index (κ1) is 21.9. The first-order chi connectivity index (χ1) is 15.4. The first-order valence-corrected chi connectivity index (χ1v) is 10.9. The number of ether oxygens (including phenoxy) is 1. The number of nitrogens with zero attached hydrogens (tertiary/aromatic N) is 1. The second-order valence-electron chi connectivity index (χ2n) is 7.18. The SMILES string of the molecule is COc1ccc2ccccc2c1/C=C1/SC(=O)N(CC(=O)Nc2cc(Cl)ccc2C)C1=O. The molecule has 1 fully saturated rings. The van der Waals surface area contributed by atoms with Crippen LogP contribution in [0.2, 0.25) is 5.02 Å². The highest BCUT2D eigenvalue weighted by molar-refractivity contribution is 8.18. The minimum absolute atomic E-state index is 0.233. The lowest BCUT2D eigenvalue weighted by Gasteiger charge is -2.14. The molecular weight excluding hydrogens is 448 g/mol. The molecular formula is C24H19ClN2O4S. The van der Waals surface area contributed by atoms with Gasteiger partial charge >= 0.3 is 0 Å². The van der Waals surface area contributed by atoms with Gasteiger partial charge in [-0.2, -0.15) is 0 Å². The van der Waals surface area contributed by atoms with Crippen molar-refractivity contribution >= 4 is 63.0 Å². The van der Waals surface area contributed by atoms with Crippen LogP contribution >= 0.6 is 23.4 Å². The molecule has 4 rings (SSSR count). The van der Waals surface area contributed by atoms with Gasteiger partial charge in [0.05, 0.1) is 12.0 Å². The number of imide groups is 1. The zero-order valence-electron chi connectivity index (χ0n) is 17.3. The molecule has 0 atom stereocenters. The van der Waals surface area contributed by atoms with Crippen molar-refractivity contribution in [2.45, 2.75) is 6.92 Å². The maximum atomic E-state index is 12.9. The number of methoxy groups -OCH3 is 1. The van der Waals surface area contributed by atoms with Crippen molar-refractivity contribution in [1.82, 2.24) is 4.90 Å². The molecule has 0 unspecified atom stereocenters. The van der Waals surface area contributed by atoms with E-state index in [9.17, 15) is 14.4 Å². The normalized spacial score (nSPS) is 15.0. The fraction of sp³-hybridized carbons (Fsp3) is 0.125. The number of carbonyl (C=O) groups is 3. The lowest BCUT2D eigenvalue weighted by atomic mass is 10.0. The third-order valence-electron chi connectivity index (χ3n) is 5.08. The number of amides is 3. The van der Waals surface area contributed by atoms with Crippen molar-refractivity contribution in [3.8, 4) is 5.75 Å². The maximum Gasteiger partial charge on any atom is 0.294 e. The predicted molar refractivity (Wildman–Crippen MR) is 128 cm³/mol. The zero-order chi connectivity index (χ0) is 22.8. The minimum atomic E-state index is -0.520. The molecule has 1 aliphatic rings. The average molecular weight is 467 g/mol. The van der Waals surface area contributed by atoms with Crippen molar-refractivity contribution in [1.29, 1.82) is 0 Å². The van der Waals surface area contributed by atoms with Crippen LogP contribution in [-0.4, -0.2) is 35.6 Å². The number of aryl methyl sites for hydroxylation is 1. The molecule has 162 valence electrons. The highest BCUT2D eigenvalue weighted by atomic mass is 35.5. The van der Waals surface area contributed by atoms with E-state index in [4.69, 9.17) is 16.3 Å². The van der Waals surface area contributed by atoms with Crippen molar-refractivity contribution in [3.63, 3.8) is 0 Å². The summed E-state index contributed by atoms with van der Waals surface area (Å²) in [7, 11) is 1.55. The van der Waals surface area contributed by atoms with E-state index in [0.29, 0.717) is 22.0 Å². The summed E-state index contributed by atoms with van der Waals surface area (Å²) in [6.45, 7) is 1.44. The van der Waals surface area contributed by atoms with E-state index in [0.717, 1.165) is 33.0 Å². The number of thioether (sulfide) groups is 1. The zero-order valence-corrected chi connectivity index (χ0v) is 18.9. The van der Waals surface area contributed by atoms with E-state index in [1.54, 1.807) is 31.4 Å². The molecule has 3 aromatic rings. The Labute approximate surface area is 194 Å². The van der Waals surface area contributed by atoms with Crippen LogP contribution in [0.4, 0.5) is 10.5 Å². The molecule has 0 aromatic heterocycles. The number of fused-ring (bicyclic) bond motifs is 1. The van der Waals surface area contributed by atoms with Crippen LogP contribution in [0.3, 0.4) is 0 Å². The molecule has 0 aliphatic carbocycles. The fourth-order valence-electron chi connectivity index (χ4n) is 3.43. The third kappa shape index (κ3) is 4.35.